The van der Waals surface area contributed by atoms with Crippen molar-refractivity contribution in [3.63, 3.8) is 0 Å². The molecule has 0 saturated carbocycles. The van der Waals surface area contributed by atoms with Crippen LogP contribution in [0.25, 0.3) is 0 Å². The molecule has 88 valence electrons. The number of nitrogens with one attached hydrogen (secondary N) is 2. The van der Waals surface area contributed by atoms with Gasteiger partial charge in [0.05, 0.1) is 12.4 Å². The van der Waals surface area contributed by atoms with Gasteiger partial charge in [-0.1, -0.05) is 0 Å². The second kappa shape index (κ2) is 4.80. The number of nitrogens with two attached hydrogens (primary N) is 2. The Kier molecular flexibility index (Phi) is 3.21. The summed E-state index contributed by atoms with van der Waals surface area (Å²) in [5, 5.41) is 0.882. The first kappa shape index (κ1) is 11.4. The van der Waals surface area contributed by atoms with Crippen LogP contribution < -0.4 is 22.6 Å². The highest BCUT2D eigenvalue weighted by Crippen LogP contribution is 2.22. The Morgan fingerprint density at radius 2 is 2.18 bits per heavy atom. The summed E-state index contributed by atoms with van der Waals surface area (Å²) in [6.07, 6.45) is 2.99. The Hall–Kier alpha value is -2.13. The van der Waals surface area contributed by atoms with Crippen molar-refractivity contribution in [2.75, 3.05) is 11.2 Å². The molecule has 0 bridgehead atoms. The molecule has 0 saturated heterocycles. The van der Waals surface area contributed by atoms with Gasteiger partial charge in [0.2, 0.25) is 0 Å². The minimum Gasteiger partial charge on any atom is -0.383 e. The number of rotatable bonds is 3. The van der Waals surface area contributed by atoms with E-state index in [-0.39, 0.29) is 11.4 Å². The number of hydrogen-bond donors (Lipinski definition) is 4. The van der Waals surface area contributed by atoms with Gasteiger partial charge in [0.25, 0.3) is 5.56 Å². The molecule has 0 aliphatic heterocycles. The van der Waals surface area contributed by atoms with Crippen molar-refractivity contribution in [3.8, 4) is 0 Å². The minimum absolute atomic E-state index is 0.150. The Morgan fingerprint density at radius 1 is 1.35 bits per heavy atom. The fraction of sp³-hybridized carbons (Fsp3) is 0. The van der Waals surface area contributed by atoms with Gasteiger partial charge < -0.3 is 16.1 Å². The van der Waals surface area contributed by atoms with Crippen LogP contribution >= 0.6 is 11.8 Å². The average molecular weight is 251 g/mol. The van der Waals surface area contributed by atoms with E-state index in [1.54, 1.807) is 0 Å². The summed E-state index contributed by atoms with van der Waals surface area (Å²) < 4.78 is 0. The molecule has 2 heterocycles. The molecule has 2 aromatic heterocycles. The second-order valence-corrected chi connectivity index (χ2v) is 3.97. The number of nitrogens with zero attached hydrogens (tertiary/aromatic N) is 3. The SMILES string of the molecule is NNc1cncc(Sc2nc(N)cc(=O)[nH]2)n1. The number of anilines is 2. The topological polar surface area (TPSA) is 136 Å². The maximum atomic E-state index is 11.2. The van der Waals surface area contributed by atoms with Gasteiger partial charge in [-0.25, -0.2) is 15.8 Å². The van der Waals surface area contributed by atoms with Crippen LogP contribution in [0, 0.1) is 0 Å². The zero-order valence-corrected chi connectivity index (χ0v) is 9.36. The molecular formula is C8H9N7OS. The maximum Gasteiger partial charge on any atom is 0.253 e. The van der Waals surface area contributed by atoms with Gasteiger partial charge in [0, 0.05) is 6.07 Å². The molecule has 0 amide bonds. The van der Waals surface area contributed by atoms with Gasteiger partial charge >= 0.3 is 0 Å². The summed E-state index contributed by atoms with van der Waals surface area (Å²) in [4.78, 5) is 25.7. The molecule has 2 aromatic rings. The lowest BCUT2D eigenvalue weighted by molar-refractivity contribution is 0.936. The molecule has 0 atom stereocenters. The van der Waals surface area contributed by atoms with Crippen molar-refractivity contribution in [2.24, 2.45) is 5.84 Å². The van der Waals surface area contributed by atoms with Gasteiger partial charge in [-0.2, -0.15) is 0 Å². The molecule has 0 unspecified atom stereocenters. The highest BCUT2D eigenvalue weighted by atomic mass is 32.2. The number of hydrazine groups is 1. The van der Waals surface area contributed by atoms with E-state index in [0.29, 0.717) is 16.0 Å². The lowest BCUT2D eigenvalue weighted by Crippen LogP contribution is -2.10. The predicted molar refractivity (Wildman–Crippen MR) is 63.2 cm³/mol. The fourth-order valence-corrected chi connectivity index (χ4v) is 1.83. The van der Waals surface area contributed by atoms with E-state index >= 15 is 0 Å². The van der Waals surface area contributed by atoms with Gasteiger partial charge in [-0.3, -0.25) is 9.78 Å². The Bertz CT molecular complexity index is 584. The molecule has 17 heavy (non-hydrogen) atoms. The highest BCUT2D eigenvalue weighted by molar-refractivity contribution is 7.99. The molecule has 0 aromatic carbocycles. The zero-order valence-electron chi connectivity index (χ0n) is 8.54. The van der Waals surface area contributed by atoms with Crippen molar-refractivity contribution in [1.29, 1.82) is 0 Å². The van der Waals surface area contributed by atoms with Crippen molar-refractivity contribution in [3.05, 3.63) is 28.8 Å². The largest absolute Gasteiger partial charge is 0.383 e. The van der Waals surface area contributed by atoms with Crippen molar-refractivity contribution in [2.45, 2.75) is 10.2 Å². The summed E-state index contributed by atoms with van der Waals surface area (Å²) in [7, 11) is 0. The first-order chi connectivity index (χ1) is 8.17. The van der Waals surface area contributed by atoms with Gasteiger partial charge in [0.1, 0.15) is 10.8 Å². The third-order valence-corrected chi connectivity index (χ3v) is 2.49. The third kappa shape index (κ3) is 2.92. The lowest BCUT2D eigenvalue weighted by Gasteiger charge is -2.02. The minimum atomic E-state index is -0.318. The molecule has 2 rings (SSSR count). The summed E-state index contributed by atoms with van der Waals surface area (Å²) >= 11 is 1.13. The third-order valence-electron chi connectivity index (χ3n) is 1.70. The smallest absolute Gasteiger partial charge is 0.253 e. The molecule has 0 spiro atoms. The summed E-state index contributed by atoms with van der Waals surface area (Å²) in [5.41, 5.74) is 7.51. The molecule has 0 radical (unpaired) electrons. The fourth-order valence-electron chi connectivity index (χ4n) is 1.07. The van der Waals surface area contributed by atoms with Crippen LogP contribution in [-0.4, -0.2) is 19.9 Å². The molecular weight excluding hydrogens is 242 g/mol. The molecule has 0 aliphatic rings. The van der Waals surface area contributed by atoms with E-state index in [1.807, 2.05) is 0 Å². The quantitative estimate of drug-likeness (QED) is 0.328. The second-order valence-electron chi connectivity index (χ2n) is 2.96. The summed E-state index contributed by atoms with van der Waals surface area (Å²) in [6, 6.07) is 1.20. The Balaban J connectivity index is 2.27. The predicted octanol–water partition coefficient (Wildman–Crippen LogP) is -0.421. The van der Waals surface area contributed by atoms with E-state index in [1.165, 1.54) is 18.5 Å². The van der Waals surface area contributed by atoms with Crippen LogP contribution in [0.15, 0.2) is 33.4 Å². The number of hydrogen-bond acceptors (Lipinski definition) is 8. The van der Waals surface area contributed by atoms with E-state index in [9.17, 15) is 4.79 Å². The van der Waals surface area contributed by atoms with Crippen molar-refractivity contribution >= 4 is 23.4 Å². The normalized spacial score (nSPS) is 10.2. The van der Waals surface area contributed by atoms with Crippen LogP contribution in [0.3, 0.4) is 0 Å². The number of nitrogen functional groups attached to an aromatic ring is 2. The van der Waals surface area contributed by atoms with Crippen LogP contribution in [0.4, 0.5) is 11.6 Å². The molecule has 8 nitrogen and oxygen atoms in total. The average Bonchev–Trinajstić information content (AvgIpc) is 2.28. The highest BCUT2D eigenvalue weighted by Gasteiger charge is 2.04. The van der Waals surface area contributed by atoms with Gasteiger partial charge in [0.15, 0.2) is 11.0 Å². The first-order valence-electron chi connectivity index (χ1n) is 4.51. The lowest BCUT2D eigenvalue weighted by atomic mass is 10.6. The van der Waals surface area contributed by atoms with Crippen LogP contribution in [0.2, 0.25) is 0 Å². The first-order valence-corrected chi connectivity index (χ1v) is 5.32. The Labute approximate surface area is 99.9 Å². The van der Waals surface area contributed by atoms with E-state index in [2.05, 4.69) is 25.4 Å². The zero-order chi connectivity index (χ0) is 12.3. The van der Waals surface area contributed by atoms with Crippen LogP contribution in [0.5, 0.6) is 0 Å². The van der Waals surface area contributed by atoms with Gasteiger partial charge in [-0.15, -0.1) is 0 Å². The maximum absolute atomic E-state index is 11.2. The standard InChI is InChI=1S/C8H9N7OS/c9-4-1-6(16)14-8(12-4)17-7-3-11-2-5(13-7)15-10/h1-3H,10H2,(H,13,15)(H3,9,12,14,16). The summed E-state index contributed by atoms with van der Waals surface area (Å²) in [6.45, 7) is 0. The van der Waals surface area contributed by atoms with E-state index in [0.717, 1.165) is 11.8 Å². The van der Waals surface area contributed by atoms with Crippen LogP contribution in [0.1, 0.15) is 0 Å². The van der Waals surface area contributed by atoms with Crippen LogP contribution in [-0.2, 0) is 0 Å². The molecule has 9 heteroatoms. The molecule has 0 fully saturated rings. The number of aromatic nitrogens is 4. The summed E-state index contributed by atoms with van der Waals surface area (Å²) in [5.74, 6) is 5.77. The molecule has 0 aliphatic carbocycles. The van der Waals surface area contributed by atoms with E-state index in [4.69, 9.17) is 11.6 Å². The van der Waals surface area contributed by atoms with Crippen molar-refractivity contribution < 1.29 is 0 Å². The van der Waals surface area contributed by atoms with Gasteiger partial charge in [-0.05, 0) is 11.8 Å². The monoisotopic (exact) mass is 251 g/mol. The van der Waals surface area contributed by atoms with Crippen molar-refractivity contribution in [1.82, 2.24) is 19.9 Å². The number of aromatic amines is 1. The Morgan fingerprint density at radius 3 is 2.88 bits per heavy atom. The number of H-pyrrole nitrogens is 1. The van der Waals surface area contributed by atoms with E-state index < -0.39 is 0 Å². The molecule has 6 N–H and O–H groups in total.